The molecule has 3 aromatic rings. The number of rotatable bonds is 4. The Morgan fingerprint density at radius 3 is 2.63 bits per heavy atom. The van der Waals surface area contributed by atoms with Crippen molar-refractivity contribution in [2.45, 2.75) is 38.5 Å². The Morgan fingerprint density at radius 1 is 1.22 bits per heavy atom. The molecule has 3 heterocycles. The number of nitrogens with two attached hydrogens (primary N) is 1. The van der Waals surface area contributed by atoms with Crippen molar-refractivity contribution in [2.24, 2.45) is 5.73 Å². The molecule has 7 heteroatoms. The lowest BCUT2D eigenvalue weighted by molar-refractivity contribution is 0.100. The maximum Gasteiger partial charge on any atom is 0.249 e. The van der Waals surface area contributed by atoms with Gasteiger partial charge >= 0.3 is 0 Å². The number of piperidine rings is 1. The van der Waals surface area contributed by atoms with E-state index < -0.39 is 5.91 Å². The first-order valence-electron chi connectivity index (χ1n) is 9.31. The Morgan fingerprint density at radius 2 is 1.96 bits per heavy atom. The third-order valence-electron chi connectivity index (χ3n) is 5.11. The second kappa shape index (κ2) is 6.98. The van der Waals surface area contributed by atoms with Gasteiger partial charge < -0.3 is 15.2 Å². The van der Waals surface area contributed by atoms with Crippen molar-refractivity contribution in [3.63, 3.8) is 0 Å². The van der Waals surface area contributed by atoms with Crippen LogP contribution in [-0.2, 0) is 0 Å². The second-order valence-corrected chi connectivity index (χ2v) is 7.32. The van der Waals surface area contributed by atoms with Crippen molar-refractivity contribution in [3.05, 3.63) is 47.6 Å². The first kappa shape index (κ1) is 17.5. The molecule has 2 aromatic heterocycles. The van der Waals surface area contributed by atoms with Crippen molar-refractivity contribution in [1.82, 2.24) is 15.1 Å². The molecule has 27 heavy (non-hydrogen) atoms. The van der Waals surface area contributed by atoms with E-state index >= 15 is 0 Å². The number of para-hydroxylation sites is 1. The van der Waals surface area contributed by atoms with Crippen molar-refractivity contribution >= 4 is 22.6 Å². The van der Waals surface area contributed by atoms with Crippen LogP contribution in [0.2, 0.25) is 0 Å². The van der Waals surface area contributed by atoms with E-state index in [-0.39, 0.29) is 11.8 Å². The molecule has 0 saturated carbocycles. The summed E-state index contributed by atoms with van der Waals surface area (Å²) in [4.78, 5) is 23.4. The molecule has 1 saturated heterocycles. The standard InChI is InChI=1S/C20H23N5O2/c1-12(2)19-23-20(27-24-19)13-7-9-25(10-8-13)17-11-15(18(21)26)14-5-3-4-6-16(14)22-17/h3-6,11-13H,7-10H2,1-2H3,(H2,21,26). The van der Waals surface area contributed by atoms with Gasteiger partial charge in [0.1, 0.15) is 5.82 Å². The highest BCUT2D eigenvalue weighted by molar-refractivity contribution is 6.06. The topological polar surface area (TPSA) is 98.1 Å². The number of carbonyl (C=O) groups excluding carboxylic acids is 1. The molecule has 140 valence electrons. The zero-order chi connectivity index (χ0) is 19.0. The molecule has 0 aliphatic carbocycles. The minimum atomic E-state index is -0.434. The minimum absolute atomic E-state index is 0.261. The molecule has 0 unspecified atom stereocenters. The van der Waals surface area contributed by atoms with E-state index in [4.69, 9.17) is 15.2 Å². The number of amides is 1. The summed E-state index contributed by atoms with van der Waals surface area (Å²) < 4.78 is 5.46. The molecule has 1 aliphatic heterocycles. The number of hydrogen-bond acceptors (Lipinski definition) is 6. The molecule has 4 rings (SSSR count). The van der Waals surface area contributed by atoms with Crippen LogP contribution >= 0.6 is 0 Å². The second-order valence-electron chi connectivity index (χ2n) is 7.32. The van der Waals surface area contributed by atoms with Crippen molar-refractivity contribution in [2.75, 3.05) is 18.0 Å². The fraction of sp³-hybridized carbons (Fsp3) is 0.400. The summed E-state index contributed by atoms with van der Waals surface area (Å²) in [5.74, 6) is 2.36. The number of primary amides is 1. The molecule has 1 aliphatic rings. The predicted molar refractivity (Wildman–Crippen MR) is 103 cm³/mol. The molecule has 2 N–H and O–H groups in total. The lowest BCUT2D eigenvalue weighted by Gasteiger charge is -2.31. The fourth-order valence-corrected chi connectivity index (χ4v) is 3.53. The number of aromatic nitrogens is 3. The molecular weight excluding hydrogens is 342 g/mol. The lowest BCUT2D eigenvalue weighted by Crippen LogP contribution is -2.34. The Balaban J connectivity index is 1.55. The molecule has 0 radical (unpaired) electrons. The Kier molecular flexibility index (Phi) is 4.51. The van der Waals surface area contributed by atoms with Gasteiger partial charge in [0.2, 0.25) is 11.8 Å². The summed E-state index contributed by atoms with van der Waals surface area (Å²) in [6.07, 6.45) is 1.81. The zero-order valence-corrected chi connectivity index (χ0v) is 15.6. The van der Waals surface area contributed by atoms with E-state index in [0.717, 1.165) is 54.4 Å². The number of nitrogens with zero attached hydrogens (tertiary/aromatic N) is 4. The van der Waals surface area contributed by atoms with E-state index in [9.17, 15) is 4.79 Å². The Bertz CT molecular complexity index is 973. The summed E-state index contributed by atoms with van der Waals surface area (Å²) in [6.45, 7) is 5.74. The van der Waals surface area contributed by atoms with Gasteiger partial charge in [-0.25, -0.2) is 4.98 Å². The third-order valence-corrected chi connectivity index (χ3v) is 5.11. The normalized spacial score (nSPS) is 15.6. The summed E-state index contributed by atoms with van der Waals surface area (Å²) in [5.41, 5.74) is 6.88. The monoisotopic (exact) mass is 365 g/mol. The highest BCUT2D eigenvalue weighted by atomic mass is 16.5. The van der Waals surface area contributed by atoms with Gasteiger partial charge in [0, 0.05) is 30.3 Å². The molecule has 1 amide bonds. The van der Waals surface area contributed by atoms with Crippen LogP contribution < -0.4 is 10.6 Å². The van der Waals surface area contributed by atoms with Gasteiger partial charge in [0.15, 0.2) is 5.82 Å². The summed E-state index contributed by atoms with van der Waals surface area (Å²) in [6, 6.07) is 9.38. The first-order chi connectivity index (χ1) is 13.0. The molecule has 0 atom stereocenters. The quantitative estimate of drug-likeness (QED) is 0.762. The Labute approximate surface area is 157 Å². The van der Waals surface area contributed by atoms with E-state index in [1.54, 1.807) is 6.07 Å². The third kappa shape index (κ3) is 3.37. The largest absolute Gasteiger partial charge is 0.366 e. The van der Waals surface area contributed by atoms with Crippen LogP contribution in [0.3, 0.4) is 0 Å². The van der Waals surface area contributed by atoms with Gasteiger partial charge in [-0.3, -0.25) is 4.79 Å². The zero-order valence-electron chi connectivity index (χ0n) is 15.6. The van der Waals surface area contributed by atoms with E-state index in [1.165, 1.54) is 0 Å². The highest BCUT2D eigenvalue weighted by Crippen LogP contribution is 2.31. The number of pyridine rings is 1. The van der Waals surface area contributed by atoms with Gasteiger partial charge in [0.25, 0.3) is 0 Å². The average molecular weight is 365 g/mol. The van der Waals surface area contributed by atoms with E-state index in [0.29, 0.717) is 5.56 Å². The maximum atomic E-state index is 11.9. The molecule has 7 nitrogen and oxygen atoms in total. The van der Waals surface area contributed by atoms with E-state index in [2.05, 4.69) is 28.9 Å². The number of hydrogen-bond donors (Lipinski definition) is 1. The molecule has 1 aromatic carbocycles. The van der Waals surface area contributed by atoms with Gasteiger partial charge in [-0.2, -0.15) is 4.98 Å². The van der Waals surface area contributed by atoms with Crippen molar-refractivity contribution in [3.8, 4) is 0 Å². The maximum absolute atomic E-state index is 11.9. The van der Waals surface area contributed by atoms with Crippen LogP contribution in [0.25, 0.3) is 10.9 Å². The van der Waals surface area contributed by atoms with Crippen LogP contribution in [0, 0.1) is 0 Å². The highest BCUT2D eigenvalue weighted by Gasteiger charge is 2.27. The van der Waals surface area contributed by atoms with Gasteiger partial charge in [-0.1, -0.05) is 37.2 Å². The molecule has 1 fully saturated rings. The van der Waals surface area contributed by atoms with Crippen LogP contribution in [0.5, 0.6) is 0 Å². The van der Waals surface area contributed by atoms with Crippen LogP contribution in [0.4, 0.5) is 5.82 Å². The van der Waals surface area contributed by atoms with Crippen LogP contribution in [0.15, 0.2) is 34.9 Å². The van der Waals surface area contributed by atoms with Gasteiger partial charge in [0.05, 0.1) is 11.1 Å². The van der Waals surface area contributed by atoms with Gasteiger partial charge in [-0.15, -0.1) is 0 Å². The van der Waals surface area contributed by atoms with E-state index in [1.807, 2.05) is 24.3 Å². The molecule has 0 bridgehead atoms. The van der Waals surface area contributed by atoms with Crippen molar-refractivity contribution < 1.29 is 9.32 Å². The number of anilines is 1. The number of carbonyl (C=O) groups is 1. The Hall–Kier alpha value is -2.96. The predicted octanol–water partition coefficient (Wildman–Crippen LogP) is 3.22. The molecule has 0 spiro atoms. The summed E-state index contributed by atoms with van der Waals surface area (Å²) >= 11 is 0. The van der Waals surface area contributed by atoms with Crippen LogP contribution in [0.1, 0.15) is 60.6 Å². The van der Waals surface area contributed by atoms with Gasteiger partial charge in [-0.05, 0) is 25.0 Å². The average Bonchev–Trinajstić information content (AvgIpc) is 3.18. The number of fused-ring (bicyclic) bond motifs is 1. The summed E-state index contributed by atoms with van der Waals surface area (Å²) in [7, 11) is 0. The van der Waals surface area contributed by atoms with Crippen molar-refractivity contribution in [1.29, 1.82) is 0 Å². The number of benzene rings is 1. The minimum Gasteiger partial charge on any atom is -0.366 e. The van der Waals surface area contributed by atoms with Crippen LogP contribution in [-0.4, -0.2) is 34.1 Å². The molecular formula is C20H23N5O2. The summed E-state index contributed by atoms with van der Waals surface area (Å²) in [5, 5.41) is 4.86. The SMILES string of the molecule is CC(C)c1noc(C2CCN(c3cc(C(N)=O)c4ccccc4n3)CC2)n1. The smallest absolute Gasteiger partial charge is 0.249 e. The lowest BCUT2D eigenvalue weighted by atomic mass is 9.96. The first-order valence-corrected chi connectivity index (χ1v) is 9.31. The fourth-order valence-electron chi connectivity index (χ4n) is 3.53.